The fourth-order valence-corrected chi connectivity index (χ4v) is 4.70. The molecule has 156 valence electrons. The summed E-state index contributed by atoms with van der Waals surface area (Å²) in [5, 5.41) is 14.1. The van der Waals surface area contributed by atoms with E-state index < -0.39 is 5.41 Å². The number of likely N-dealkylation sites (tertiary alicyclic amines) is 2. The number of carbonyl (C=O) groups is 2. The van der Waals surface area contributed by atoms with Crippen LogP contribution in [0, 0.1) is 25.2 Å². The third-order valence-electron chi connectivity index (χ3n) is 6.52. The third kappa shape index (κ3) is 3.46. The molecular weight excluding hydrogens is 374 g/mol. The number of fused-ring (bicyclic) bond motifs is 1. The van der Waals surface area contributed by atoms with E-state index in [0.717, 1.165) is 23.4 Å². The van der Waals surface area contributed by atoms with Gasteiger partial charge in [0.05, 0.1) is 12.3 Å². The van der Waals surface area contributed by atoms with E-state index in [-0.39, 0.29) is 24.3 Å². The highest BCUT2D eigenvalue weighted by Crippen LogP contribution is 2.42. The Kier molecular flexibility index (Phi) is 4.98. The normalized spacial score (nSPS) is 24.1. The van der Waals surface area contributed by atoms with Crippen molar-refractivity contribution in [2.45, 2.75) is 33.6 Å². The number of aliphatic hydroxyl groups excluding tert-OH is 1. The van der Waals surface area contributed by atoms with Gasteiger partial charge in [-0.3, -0.25) is 9.59 Å². The van der Waals surface area contributed by atoms with Gasteiger partial charge < -0.3 is 23.8 Å². The fourth-order valence-electron chi connectivity index (χ4n) is 4.70. The molecule has 2 atom stereocenters. The molecule has 4 heterocycles. The maximum absolute atomic E-state index is 13.1. The summed E-state index contributed by atoms with van der Waals surface area (Å²) in [6, 6.07) is 3.50. The average Bonchev–Trinajstić information content (AvgIpc) is 3.41. The number of nitrogens with zero attached hydrogens (tertiary/aromatic N) is 3. The third-order valence-corrected chi connectivity index (χ3v) is 6.52. The van der Waals surface area contributed by atoms with Gasteiger partial charge in [-0.1, -0.05) is 5.16 Å². The summed E-state index contributed by atoms with van der Waals surface area (Å²) in [5.41, 5.74) is 1.33. The number of rotatable bonds is 4. The topological polar surface area (TPSA) is 100 Å². The van der Waals surface area contributed by atoms with Gasteiger partial charge in [-0.15, -0.1) is 0 Å². The summed E-state index contributed by atoms with van der Waals surface area (Å²) in [6.45, 7) is 7.41. The first-order valence-electron chi connectivity index (χ1n) is 9.99. The quantitative estimate of drug-likeness (QED) is 0.838. The van der Waals surface area contributed by atoms with Gasteiger partial charge in [0, 0.05) is 50.5 Å². The lowest BCUT2D eigenvalue weighted by Crippen LogP contribution is -2.52. The van der Waals surface area contributed by atoms with Crippen molar-refractivity contribution in [1.29, 1.82) is 0 Å². The van der Waals surface area contributed by atoms with E-state index in [9.17, 15) is 14.7 Å². The van der Waals surface area contributed by atoms with E-state index in [1.165, 1.54) is 0 Å². The zero-order chi connectivity index (χ0) is 20.8. The standard InChI is InChI=1S/C21H27N3O5/c1-13-18(14(2)29-22-13)8-17-4-5-19(28-17)20(27)23-7-6-16-9-24(15(3)26)11-21(16,10-23)12-25/h4-5,16,25H,6-12H2,1-3H3/t16-,21+/m1/s1. The maximum atomic E-state index is 13.1. The highest BCUT2D eigenvalue weighted by atomic mass is 16.5. The van der Waals surface area contributed by atoms with E-state index in [4.69, 9.17) is 8.94 Å². The van der Waals surface area contributed by atoms with Crippen molar-refractivity contribution < 1.29 is 23.6 Å². The van der Waals surface area contributed by atoms with Crippen LogP contribution in [-0.2, 0) is 11.2 Å². The summed E-state index contributed by atoms with van der Waals surface area (Å²) >= 11 is 0. The molecule has 1 N–H and O–H groups in total. The van der Waals surface area contributed by atoms with Gasteiger partial charge in [-0.25, -0.2) is 0 Å². The Morgan fingerprint density at radius 1 is 1.28 bits per heavy atom. The first kappa shape index (κ1) is 19.7. The monoisotopic (exact) mass is 401 g/mol. The van der Waals surface area contributed by atoms with Crippen LogP contribution in [-0.4, -0.2) is 64.7 Å². The number of amides is 2. The Labute approximate surface area is 169 Å². The number of hydrogen-bond acceptors (Lipinski definition) is 6. The van der Waals surface area contributed by atoms with E-state index in [2.05, 4.69) is 5.16 Å². The van der Waals surface area contributed by atoms with Crippen molar-refractivity contribution in [3.05, 3.63) is 40.7 Å². The van der Waals surface area contributed by atoms with Gasteiger partial charge in [-0.2, -0.15) is 0 Å². The van der Waals surface area contributed by atoms with Crippen molar-refractivity contribution in [2.75, 3.05) is 32.8 Å². The molecule has 2 aliphatic heterocycles. The smallest absolute Gasteiger partial charge is 0.289 e. The largest absolute Gasteiger partial charge is 0.456 e. The van der Waals surface area contributed by atoms with E-state index in [0.29, 0.717) is 44.1 Å². The number of furan rings is 1. The van der Waals surface area contributed by atoms with Crippen molar-refractivity contribution in [2.24, 2.45) is 11.3 Å². The van der Waals surface area contributed by atoms with Crippen LogP contribution in [0.2, 0.25) is 0 Å². The van der Waals surface area contributed by atoms with Crippen LogP contribution in [0.1, 0.15) is 46.7 Å². The molecule has 0 saturated carbocycles. The van der Waals surface area contributed by atoms with E-state index in [1.807, 2.05) is 13.8 Å². The Balaban J connectivity index is 1.48. The number of aryl methyl sites for hydroxylation is 2. The van der Waals surface area contributed by atoms with Crippen LogP contribution < -0.4 is 0 Å². The molecule has 8 nitrogen and oxygen atoms in total. The Hall–Kier alpha value is -2.61. The summed E-state index contributed by atoms with van der Waals surface area (Å²) in [4.78, 5) is 28.4. The summed E-state index contributed by atoms with van der Waals surface area (Å²) in [7, 11) is 0. The van der Waals surface area contributed by atoms with Crippen LogP contribution in [0.5, 0.6) is 0 Å². The highest BCUT2D eigenvalue weighted by Gasteiger charge is 2.51. The molecule has 8 heteroatoms. The summed E-state index contributed by atoms with van der Waals surface area (Å²) in [5.74, 6) is 1.77. The zero-order valence-electron chi connectivity index (χ0n) is 17.1. The predicted molar refractivity (Wildman–Crippen MR) is 103 cm³/mol. The molecular formula is C21H27N3O5. The molecule has 2 fully saturated rings. The number of carbonyl (C=O) groups excluding carboxylic acids is 2. The molecule has 2 aliphatic rings. The molecule has 0 unspecified atom stereocenters. The molecule has 29 heavy (non-hydrogen) atoms. The summed E-state index contributed by atoms with van der Waals surface area (Å²) < 4.78 is 11.0. The molecule has 0 aliphatic carbocycles. The average molecular weight is 401 g/mol. The Bertz CT molecular complexity index is 913. The van der Waals surface area contributed by atoms with Crippen molar-refractivity contribution >= 4 is 11.8 Å². The van der Waals surface area contributed by atoms with Gasteiger partial charge in [-0.05, 0) is 38.3 Å². The van der Waals surface area contributed by atoms with E-state index in [1.54, 1.807) is 28.9 Å². The van der Waals surface area contributed by atoms with Crippen LogP contribution >= 0.6 is 0 Å². The van der Waals surface area contributed by atoms with Crippen LogP contribution in [0.25, 0.3) is 0 Å². The fraction of sp³-hybridized carbons (Fsp3) is 0.571. The first-order chi connectivity index (χ1) is 13.8. The molecule has 2 aromatic heterocycles. The molecule has 2 amide bonds. The lowest BCUT2D eigenvalue weighted by atomic mass is 9.74. The number of aromatic nitrogens is 1. The molecule has 0 bridgehead atoms. The number of aliphatic hydroxyl groups is 1. The lowest BCUT2D eigenvalue weighted by Gasteiger charge is -2.42. The minimum atomic E-state index is -0.453. The van der Waals surface area contributed by atoms with Crippen molar-refractivity contribution in [3.8, 4) is 0 Å². The number of piperidine rings is 1. The Morgan fingerprint density at radius 2 is 2.03 bits per heavy atom. The zero-order valence-corrected chi connectivity index (χ0v) is 17.1. The van der Waals surface area contributed by atoms with E-state index >= 15 is 0 Å². The first-order valence-corrected chi connectivity index (χ1v) is 9.99. The molecule has 0 aromatic carbocycles. The van der Waals surface area contributed by atoms with Crippen LogP contribution in [0.4, 0.5) is 0 Å². The molecule has 0 spiro atoms. The second-order valence-electron chi connectivity index (χ2n) is 8.38. The molecule has 2 saturated heterocycles. The molecule has 0 radical (unpaired) electrons. The minimum absolute atomic E-state index is 0.0140. The van der Waals surface area contributed by atoms with Gasteiger partial charge in [0.15, 0.2) is 5.76 Å². The lowest BCUT2D eigenvalue weighted by molar-refractivity contribution is -0.128. The number of hydrogen-bond donors (Lipinski definition) is 1. The SMILES string of the molecule is CC(=O)N1C[C@H]2CCN(C(=O)c3ccc(Cc4c(C)noc4C)o3)C[C@@]2(CO)C1. The molecule has 4 rings (SSSR count). The van der Waals surface area contributed by atoms with Gasteiger partial charge in [0.1, 0.15) is 11.5 Å². The van der Waals surface area contributed by atoms with Crippen LogP contribution in [0.3, 0.4) is 0 Å². The van der Waals surface area contributed by atoms with Crippen LogP contribution in [0.15, 0.2) is 21.1 Å². The van der Waals surface area contributed by atoms with Gasteiger partial charge in [0.2, 0.25) is 5.91 Å². The van der Waals surface area contributed by atoms with Gasteiger partial charge >= 0.3 is 0 Å². The second kappa shape index (κ2) is 7.33. The minimum Gasteiger partial charge on any atom is -0.456 e. The maximum Gasteiger partial charge on any atom is 0.289 e. The highest BCUT2D eigenvalue weighted by molar-refractivity contribution is 5.91. The predicted octanol–water partition coefficient (Wildman–Crippen LogP) is 1.78. The summed E-state index contributed by atoms with van der Waals surface area (Å²) in [6.07, 6.45) is 1.29. The second-order valence-corrected chi connectivity index (χ2v) is 8.38. The van der Waals surface area contributed by atoms with Crippen molar-refractivity contribution in [3.63, 3.8) is 0 Å². The molecule has 2 aromatic rings. The van der Waals surface area contributed by atoms with Gasteiger partial charge in [0.25, 0.3) is 5.91 Å². The van der Waals surface area contributed by atoms with Crippen molar-refractivity contribution in [1.82, 2.24) is 15.0 Å². The Morgan fingerprint density at radius 3 is 2.69 bits per heavy atom.